The molecule has 102 valence electrons. The van der Waals surface area contributed by atoms with E-state index >= 15 is 0 Å². The van der Waals surface area contributed by atoms with Gasteiger partial charge in [0.25, 0.3) is 0 Å². The molecule has 1 saturated carbocycles. The molecule has 3 N–H and O–H groups in total. The van der Waals surface area contributed by atoms with Gasteiger partial charge in [-0.05, 0) is 50.5 Å². The summed E-state index contributed by atoms with van der Waals surface area (Å²) in [5.74, 6) is 1.46. The van der Waals surface area contributed by atoms with Gasteiger partial charge in [-0.2, -0.15) is 0 Å². The monoisotopic (exact) mass is 250 g/mol. The third kappa shape index (κ3) is 3.58. The van der Waals surface area contributed by atoms with E-state index in [2.05, 4.69) is 17.5 Å². The molecule has 2 aliphatic rings. The predicted molar refractivity (Wildman–Crippen MR) is 74.0 cm³/mol. The molecular weight excluding hydrogens is 224 g/mol. The van der Waals surface area contributed by atoms with E-state index in [1.54, 1.807) is 0 Å². The number of hydrogen-bond donors (Lipinski definition) is 2. The van der Waals surface area contributed by atoms with Gasteiger partial charge in [-0.3, -0.25) is 4.79 Å². The van der Waals surface area contributed by atoms with Crippen LogP contribution in [0, 0.1) is 17.8 Å². The van der Waals surface area contributed by atoms with Gasteiger partial charge in [0.15, 0.2) is 0 Å². The van der Waals surface area contributed by atoms with Gasteiger partial charge in [0.1, 0.15) is 0 Å². The molecular formula is C15H26N2O. The van der Waals surface area contributed by atoms with Gasteiger partial charge in [-0.1, -0.05) is 25.0 Å². The van der Waals surface area contributed by atoms with Crippen molar-refractivity contribution in [2.45, 2.75) is 44.9 Å². The van der Waals surface area contributed by atoms with Crippen LogP contribution in [0.2, 0.25) is 0 Å². The molecule has 0 bridgehead atoms. The highest BCUT2D eigenvalue weighted by Gasteiger charge is 2.29. The average molecular weight is 250 g/mol. The molecule has 2 rings (SSSR count). The first-order valence-electron chi connectivity index (χ1n) is 7.44. The zero-order valence-corrected chi connectivity index (χ0v) is 11.2. The maximum Gasteiger partial charge on any atom is 0.223 e. The Morgan fingerprint density at radius 1 is 1.22 bits per heavy atom. The first-order chi connectivity index (χ1) is 8.81. The summed E-state index contributed by atoms with van der Waals surface area (Å²) in [5.41, 5.74) is 5.78. The van der Waals surface area contributed by atoms with Crippen LogP contribution >= 0.6 is 0 Å². The maximum absolute atomic E-state index is 12.2. The third-order valence-electron chi connectivity index (χ3n) is 4.49. The Morgan fingerprint density at radius 3 is 2.78 bits per heavy atom. The van der Waals surface area contributed by atoms with Crippen LogP contribution in [0.1, 0.15) is 44.9 Å². The number of nitrogens with one attached hydrogen (secondary N) is 1. The van der Waals surface area contributed by atoms with Crippen LogP contribution in [-0.2, 0) is 4.79 Å². The second-order valence-electron chi connectivity index (χ2n) is 5.78. The first-order valence-corrected chi connectivity index (χ1v) is 7.44. The van der Waals surface area contributed by atoms with Crippen LogP contribution in [0.25, 0.3) is 0 Å². The lowest BCUT2D eigenvalue weighted by Crippen LogP contribution is -2.41. The number of amides is 1. The van der Waals surface area contributed by atoms with Gasteiger partial charge >= 0.3 is 0 Å². The van der Waals surface area contributed by atoms with Gasteiger partial charge < -0.3 is 11.1 Å². The number of rotatable bonds is 4. The Hall–Kier alpha value is -0.830. The molecule has 0 saturated heterocycles. The van der Waals surface area contributed by atoms with Crippen LogP contribution < -0.4 is 11.1 Å². The van der Waals surface area contributed by atoms with Crippen molar-refractivity contribution in [3.8, 4) is 0 Å². The highest BCUT2D eigenvalue weighted by Crippen LogP contribution is 2.29. The Morgan fingerprint density at radius 2 is 2.06 bits per heavy atom. The lowest BCUT2D eigenvalue weighted by atomic mass is 9.78. The molecule has 18 heavy (non-hydrogen) atoms. The van der Waals surface area contributed by atoms with Crippen LogP contribution in [0.15, 0.2) is 12.2 Å². The van der Waals surface area contributed by atoms with Crippen molar-refractivity contribution >= 4 is 5.91 Å². The Labute approximate surface area is 110 Å². The summed E-state index contributed by atoms with van der Waals surface area (Å²) in [6.45, 7) is 1.50. The smallest absolute Gasteiger partial charge is 0.223 e. The molecule has 0 radical (unpaired) electrons. The SMILES string of the molecule is NCC1CCCCC1C(=O)NCC1CC=CCC1. The van der Waals surface area contributed by atoms with Crippen molar-refractivity contribution in [2.75, 3.05) is 13.1 Å². The largest absolute Gasteiger partial charge is 0.356 e. The topological polar surface area (TPSA) is 55.1 Å². The van der Waals surface area contributed by atoms with Crippen LogP contribution in [-0.4, -0.2) is 19.0 Å². The number of carbonyl (C=O) groups is 1. The first kappa shape index (κ1) is 13.6. The van der Waals surface area contributed by atoms with Gasteiger partial charge in [-0.15, -0.1) is 0 Å². The molecule has 1 amide bonds. The molecule has 3 heteroatoms. The number of nitrogens with two attached hydrogens (primary N) is 1. The van der Waals surface area contributed by atoms with Crippen LogP contribution in [0.3, 0.4) is 0 Å². The Bertz CT molecular complexity index is 301. The van der Waals surface area contributed by atoms with E-state index in [4.69, 9.17) is 5.73 Å². The zero-order chi connectivity index (χ0) is 12.8. The van der Waals surface area contributed by atoms with Crippen molar-refractivity contribution < 1.29 is 4.79 Å². The molecule has 0 aromatic carbocycles. The summed E-state index contributed by atoms with van der Waals surface area (Å²) < 4.78 is 0. The van der Waals surface area contributed by atoms with E-state index < -0.39 is 0 Å². The predicted octanol–water partition coefficient (Wildman–Crippen LogP) is 2.22. The molecule has 0 aromatic heterocycles. The minimum absolute atomic E-state index is 0.169. The molecule has 3 atom stereocenters. The van der Waals surface area contributed by atoms with E-state index in [1.165, 1.54) is 19.3 Å². The highest BCUT2D eigenvalue weighted by atomic mass is 16.1. The van der Waals surface area contributed by atoms with E-state index in [0.717, 1.165) is 32.2 Å². The molecule has 0 aliphatic heterocycles. The second-order valence-corrected chi connectivity index (χ2v) is 5.78. The van der Waals surface area contributed by atoms with E-state index in [-0.39, 0.29) is 11.8 Å². The summed E-state index contributed by atoms with van der Waals surface area (Å²) in [6.07, 6.45) is 12.5. The fourth-order valence-electron chi connectivity index (χ4n) is 3.25. The van der Waals surface area contributed by atoms with Gasteiger partial charge in [0.2, 0.25) is 5.91 Å². The molecule has 0 spiro atoms. The minimum atomic E-state index is 0.169. The van der Waals surface area contributed by atoms with Gasteiger partial charge in [0, 0.05) is 12.5 Å². The average Bonchev–Trinajstić information content (AvgIpc) is 2.45. The standard InChI is InChI=1S/C15H26N2O/c16-10-13-8-4-5-9-14(13)15(18)17-11-12-6-2-1-3-7-12/h1-2,12-14H,3-11,16H2,(H,17,18). The lowest BCUT2D eigenvalue weighted by molar-refractivity contribution is -0.127. The molecule has 1 fully saturated rings. The minimum Gasteiger partial charge on any atom is -0.356 e. The summed E-state index contributed by atoms with van der Waals surface area (Å²) in [5, 5.41) is 3.16. The van der Waals surface area contributed by atoms with Crippen molar-refractivity contribution in [3.63, 3.8) is 0 Å². The normalized spacial score (nSPS) is 32.2. The number of allylic oxidation sites excluding steroid dienone is 2. The third-order valence-corrected chi connectivity index (χ3v) is 4.49. The van der Waals surface area contributed by atoms with Crippen molar-refractivity contribution in [1.82, 2.24) is 5.32 Å². The fourth-order valence-corrected chi connectivity index (χ4v) is 3.25. The summed E-state index contributed by atoms with van der Waals surface area (Å²) in [6, 6.07) is 0. The Kier molecular flexibility index (Phi) is 5.24. The van der Waals surface area contributed by atoms with Crippen molar-refractivity contribution in [1.29, 1.82) is 0 Å². The van der Waals surface area contributed by atoms with Crippen LogP contribution in [0.4, 0.5) is 0 Å². The van der Waals surface area contributed by atoms with Crippen molar-refractivity contribution in [3.05, 3.63) is 12.2 Å². The number of hydrogen-bond acceptors (Lipinski definition) is 2. The zero-order valence-electron chi connectivity index (χ0n) is 11.2. The summed E-state index contributed by atoms with van der Waals surface area (Å²) in [7, 11) is 0. The fraction of sp³-hybridized carbons (Fsp3) is 0.800. The van der Waals surface area contributed by atoms with E-state index in [9.17, 15) is 4.79 Å². The number of carbonyl (C=O) groups excluding carboxylic acids is 1. The molecule has 2 aliphatic carbocycles. The summed E-state index contributed by atoms with van der Waals surface area (Å²) >= 11 is 0. The molecule has 0 heterocycles. The lowest BCUT2D eigenvalue weighted by Gasteiger charge is -2.30. The van der Waals surface area contributed by atoms with Gasteiger partial charge in [-0.25, -0.2) is 0 Å². The second kappa shape index (κ2) is 6.93. The Balaban J connectivity index is 1.77. The molecule has 0 aromatic rings. The molecule has 3 unspecified atom stereocenters. The van der Waals surface area contributed by atoms with E-state index in [1.807, 2.05) is 0 Å². The van der Waals surface area contributed by atoms with Gasteiger partial charge in [0.05, 0.1) is 0 Å². The van der Waals surface area contributed by atoms with E-state index in [0.29, 0.717) is 18.4 Å². The molecule has 3 nitrogen and oxygen atoms in total. The maximum atomic E-state index is 12.2. The van der Waals surface area contributed by atoms with Crippen LogP contribution in [0.5, 0.6) is 0 Å². The van der Waals surface area contributed by atoms with Crippen molar-refractivity contribution in [2.24, 2.45) is 23.5 Å². The summed E-state index contributed by atoms with van der Waals surface area (Å²) in [4.78, 5) is 12.2. The quantitative estimate of drug-likeness (QED) is 0.752. The highest BCUT2D eigenvalue weighted by molar-refractivity contribution is 5.79.